The normalized spacial score (nSPS) is 17.9. The standard InChI is InChI=1S/C16H23NO2/c1-2-19-16(18)15(13-9-5-3-6-10-13)17-14-11-7-4-8-12-14/h3,5-6,9-10,14-15,17H,2,4,7-8,11-12H2,1H3/t15-/m0/s1. The van der Waals surface area contributed by atoms with Crippen LogP contribution in [0.4, 0.5) is 0 Å². The van der Waals surface area contributed by atoms with E-state index in [4.69, 9.17) is 4.74 Å². The van der Waals surface area contributed by atoms with Gasteiger partial charge in [0.25, 0.3) is 0 Å². The van der Waals surface area contributed by atoms with Crippen LogP contribution in [-0.2, 0) is 9.53 Å². The summed E-state index contributed by atoms with van der Waals surface area (Å²) in [6.07, 6.45) is 6.13. The first-order valence-corrected chi connectivity index (χ1v) is 7.29. The van der Waals surface area contributed by atoms with Crippen LogP contribution in [0.2, 0.25) is 0 Å². The number of rotatable bonds is 5. The predicted octanol–water partition coefficient (Wildman–Crippen LogP) is 3.21. The molecule has 3 heteroatoms. The minimum atomic E-state index is -0.329. The number of carbonyl (C=O) groups excluding carboxylic acids is 1. The summed E-state index contributed by atoms with van der Waals surface area (Å²) >= 11 is 0. The zero-order valence-electron chi connectivity index (χ0n) is 11.6. The summed E-state index contributed by atoms with van der Waals surface area (Å²) in [7, 11) is 0. The zero-order valence-corrected chi connectivity index (χ0v) is 11.6. The van der Waals surface area contributed by atoms with E-state index in [9.17, 15) is 4.79 Å². The Kier molecular flexibility index (Phi) is 5.40. The van der Waals surface area contributed by atoms with Gasteiger partial charge in [-0.25, -0.2) is 4.79 Å². The van der Waals surface area contributed by atoms with Crippen molar-refractivity contribution >= 4 is 5.97 Å². The Morgan fingerprint density at radius 1 is 1.26 bits per heavy atom. The van der Waals surface area contributed by atoms with Gasteiger partial charge in [-0.15, -0.1) is 0 Å². The first-order chi connectivity index (χ1) is 9.31. The van der Waals surface area contributed by atoms with E-state index < -0.39 is 0 Å². The van der Waals surface area contributed by atoms with E-state index in [1.165, 1.54) is 19.3 Å². The molecule has 0 bridgehead atoms. The molecular weight excluding hydrogens is 238 g/mol. The molecule has 2 rings (SSSR count). The second-order valence-electron chi connectivity index (χ2n) is 5.10. The van der Waals surface area contributed by atoms with Crippen LogP contribution in [0.3, 0.4) is 0 Å². The maximum Gasteiger partial charge on any atom is 0.327 e. The maximum absolute atomic E-state index is 12.1. The highest BCUT2D eigenvalue weighted by Crippen LogP contribution is 2.22. The third kappa shape index (κ3) is 4.06. The number of esters is 1. The molecule has 0 aliphatic heterocycles. The molecule has 0 amide bonds. The monoisotopic (exact) mass is 261 g/mol. The first kappa shape index (κ1) is 14.1. The summed E-state index contributed by atoms with van der Waals surface area (Å²) in [6, 6.07) is 9.96. The Balaban J connectivity index is 2.07. The lowest BCUT2D eigenvalue weighted by Gasteiger charge is -2.27. The van der Waals surface area contributed by atoms with Gasteiger partial charge in [0.15, 0.2) is 0 Å². The number of hydrogen-bond donors (Lipinski definition) is 1. The van der Waals surface area contributed by atoms with Gasteiger partial charge in [0.05, 0.1) is 6.61 Å². The van der Waals surface area contributed by atoms with Crippen LogP contribution in [0, 0.1) is 0 Å². The summed E-state index contributed by atoms with van der Waals surface area (Å²) < 4.78 is 5.20. The molecule has 1 aromatic rings. The van der Waals surface area contributed by atoms with Gasteiger partial charge in [-0.1, -0.05) is 49.6 Å². The van der Waals surface area contributed by atoms with E-state index in [2.05, 4.69) is 5.32 Å². The molecular formula is C16H23NO2. The van der Waals surface area contributed by atoms with Crippen LogP contribution in [0.5, 0.6) is 0 Å². The van der Waals surface area contributed by atoms with Crippen molar-refractivity contribution in [1.29, 1.82) is 0 Å². The van der Waals surface area contributed by atoms with Crippen molar-refractivity contribution in [1.82, 2.24) is 5.32 Å². The summed E-state index contributed by atoms with van der Waals surface area (Å²) in [5, 5.41) is 3.48. The number of carbonyl (C=O) groups is 1. The molecule has 0 aromatic heterocycles. The smallest absolute Gasteiger partial charge is 0.327 e. The van der Waals surface area contributed by atoms with Gasteiger partial charge in [0.2, 0.25) is 0 Å². The fourth-order valence-corrected chi connectivity index (χ4v) is 2.68. The lowest BCUT2D eigenvalue weighted by atomic mass is 9.94. The van der Waals surface area contributed by atoms with Crippen LogP contribution in [0.25, 0.3) is 0 Å². The Morgan fingerprint density at radius 3 is 2.58 bits per heavy atom. The quantitative estimate of drug-likeness (QED) is 0.827. The second-order valence-corrected chi connectivity index (χ2v) is 5.10. The van der Waals surface area contributed by atoms with Crippen LogP contribution < -0.4 is 5.32 Å². The van der Waals surface area contributed by atoms with Crippen LogP contribution in [-0.4, -0.2) is 18.6 Å². The topological polar surface area (TPSA) is 38.3 Å². The van der Waals surface area contributed by atoms with Gasteiger partial charge in [0.1, 0.15) is 6.04 Å². The van der Waals surface area contributed by atoms with Gasteiger partial charge in [0, 0.05) is 6.04 Å². The number of benzene rings is 1. The van der Waals surface area contributed by atoms with Crippen molar-refractivity contribution in [3.05, 3.63) is 35.9 Å². The second kappa shape index (κ2) is 7.29. The molecule has 0 saturated heterocycles. The molecule has 1 fully saturated rings. The molecule has 0 radical (unpaired) electrons. The van der Waals surface area contributed by atoms with Crippen LogP contribution in [0.15, 0.2) is 30.3 Å². The third-order valence-electron chi connectivity index (χ3n) is 3.66. The fourth-order valence-electron chi connectivity index (χ4n) is 2.68. The lowest BCUT2D eigenvalue weighted by Crippen LogP contribution is -2.39. The average molecular weight is 261 g/mol. The summed E-state index contributed by atoms with van der Waals surface area (Å²) in [5.41, 5.74) is 0.992. The fraction of sp³-hybridized carbons (Fsp3) is 0.562. The Hall–Kier alpha value is -1.35. The number of nitrogens with one attached hydrogen (secondary N) is 1. The van der Waals surface area contributed by atoms with Crippen LogP contribution in [0.1, 0.15) is 50.6 Å². The maximum atomic E-state index is 12.1. The molecule has 0 spiro atoms. The van der Waals surface area contributed by atoms with E-state index in [0.717, 1.165) is 18.4 Å². The molecule has 1 atom stereocenters. The number of ether oxygens (including phenoxy) is 1. The molecule has 0 unspecified atom stereocenters. The molecule has 104 valence electrons. The van der Waals surface area contributed by atoms with E-state index in [1.807, 2.05) is 37.3 Å². The highest BCUT2D eigenvalue weighted by atomic mass is 16.5. The van der Waals surface area contributed by atoms with Gasteiger partial charge < -0.3 is 4.74 Å². The molecule has 0 heterocycles. The van der Waals surface area contributed by atoms with E-state index >= 15 is 0 Å². The van der Waals surface area contributed by atoms with E-state index in [1.54, 1.807) is 0 Å². The predicted molar refractivity (Wildman–Crippen MR) is 75.8 cm³/mol. The van der Waals surface area contributed by atoms with E-state index in [0.29, 0.717) is 12.6 Å². The van der Waals surface area contributed by atoms with Gasteiger partial charge in [-0.05, 0) is 25.3 Å². The van der Waals surface area contributed by atoms with Crippen molar-refractivity contribution in [3.8, 4) is 0 Å². The highest BCUT2D eigenvalue weighted by Gasteiger charge is 2.25. The van der Waals surface area contributed by atoms with Gasteiger partial charge >= 0.3 is 5.97 Å². The molecule has 1 saturated carbocycles. The van der Waals surface area contributed by atoms with Crippen molar-refractivity contribution < 1.29 is 9.53 Å². The highest BCUT2D eigenvalue weighted by molar-refractivity contribution is 5.77. The first-order valence-electron chi connectivity index (χ1n) is 7.29. The van der Waals surface area contributed by atoms with Crippen molar-refractivity contribution in [2.75, 3.05) is 6.61 Å². The minimum absolute atomic E-state index is 0.167. The third-order valence-corrected chi connectivity index (χ3v) is 3.66. The summed E-state index contributed by atoms with van der Waals surface area (Å²) in [5.74, 6) is -0.167. The lowest BCUT2D eigenvalue weighted by molar-refractivity contribution is -0.146. The SMILES string of the molecule is CCOC(=O)[C@@H](NC1CCCCC1)c1ccccc1. The summed E-state index contributed by atoms with van der Waals surface area (Å²) in [6.45, 7) is 2.27. The number of hydrogen-bond acceptors (Lipinski definition) is 3. The minimum Gasteiger partial charge on any atom is -0.465 e. The largest absolute Gasteiger partial charge is 0.465 e. The molecule has 1 aliphatic rings. The molecule has 1 aliphatic carbocycles. The van der Waals surface area contributed by atoms with Crippen LogP contribution >= 0.6 is 0 Å². The Bertz CT molecular complexity index is 385. The molecule has 1 aromatic carbocycles. The molecule has 1 N–H and O–H groups in total. The van der Waals surface area contributed by atoms with Crippen molar-refractivity contribution in [3.63, 3.8) is 0 Å². The van der Waals surface area contributed by atoms with E-state index in [-0.39, 0.29) is 12.0 Å². The summed E-state index contributed by atoms with van der Waals surface area (Å²) in [4.78, 5) is 12.1. The van der Waals surface area contributed by atoms with Gasteiger partial charge in [-0.2, -0.15) is 0 Å². The Morgan fingerprint density at radius 2 is 1.95 bits per heavy atom. The molecule has 19 heavy (non-hydrogen) atoms. The molecule has 3 nitrogen and oxygen atoms in total. The van der Waals surface area contributed by atoms with Gasteiger partial charge in [-0.3, -0.25) is 5.32 Å². The zero-order chi connectivity index (χ0) is 13.5. The van der Waals surface area contributed by atoms with Crippen molar-refractivity contribution in [2.24, 2.45) is 0 Å². The Labute approximate surface area is 115 Å². The van der Waals surface area contributed by atoms with Crippen molar-refractivity contribution in [2.45, 2.75) is 51.1 Å². The average Bonchev–Trinajstić information content (AvgIpc) is 2.47.